The highest BCUT2D eigenvalue weighted by molar-refractivity contribution is 9.10. The molecule has 4 heteroatoms. The summed E-state index contributed by atoms with van der Waals surface area (Å²) in [6, 6.07) is 8.40. The van der Waals surface area contributed by atoms with Crippen LogP contribution < -0.4 is 0 Å². The highest BCUT2D eigenvalue weighted by atomic mass is 79.9. The molecule has 96 valence electrons. The Bertz CT molecular complexity index is 650. The molecule has 2 rings (SSSR count). The van der Waals surface area contributed by atoms with E-state index in [1.54, 1.807) is 10.9 Å². The third-order valence-corrected chi connectivity index (χ3v) is 3.48. The van der Waals surface area contributed by atoms with Crippen molar-refractivity contribution in [1.29, 1.82) is 5.26 Å². The van der Waals surface area contributed by atoms with Gasteiger partial charge in [-0.15, -0.1) is 0 Å². The average Bonchev–Trinajstić information content (AvgIpc) is 2.65. The topological polar surface area (TPSA) is 41.6 Å². The van der Waals surface area contributed by atoms with Crippen molar-refractivity contribution in [2.45, 2.75) is 13.8 Å². The highest BCUT2D eigenvalue weighted by Crippen LogP contribution is 2.24. The van der Waals surface area contributed by atoms with Crippen molar-refractivity contribution >= 4 is 27.6 Å². The molecule has 1 aromatic heterocycles. The molecule has 0 saturated carbocycles. The van der Waals surface area contributed by atoms with Crippen LogP contribution >= 0.6 is 15.9 Å². The molecule has 0 saturated heterocycles. The molecule has 1 aromatic carbocycles. The van der Waals surface area contributed by atoms with Crippen LogP contribution in [0.15, 0.2) is 28.9 Å². The number of aryl methyl sites for hydroxylation is 3. The van der Waals surface area contributed by atoms with Gasteiger partial charge in [0.1, 0.15) is 0 Å². The van der Waals surface area contributed by atoms with E-state index in [-0.39, 0.29) is 0 Å². The number of aromatic nitrogens is 2. The van der Waals surface area contributed by atoms with Gasteiger partial charge in [-0.1, -0.05) is 29.3 Å². The summed E-state index contributed by atoms with van der Waals surface area (Å²) in [5.41, 5.74) is 4.76. The van der Waals surface area contributed by atoms with E-state index >= 15 is 0 Å². The summed E-state index contributed by atoms with van der Waals surface area (Å²) < 4.78 is 2.62. The highest BCUT2D eigenvalue weighted by Gasteiger charge is 2.07. The Hall–Kier alpha value is -1.86. The van der Waals surface area contributed by atoms with Crippen LogP contribution in [0.4, 0.5) is 0 Å². The zero-order valence-corrected chi connectivity index (χ0v) is 12.7. The molecule has 0 radical (unpaired) electrons. The van der Waals surface area contributed by atoms with Crippen LogP contribution in [0, 0.1) is 25.2 Å². The fourth-order valence-electron chi connectivity index (χ4n) is 2.03. The lowest BCUT2D eigenvalue weighted by atomic mass is 10.0. The first kappa shape index (κ1) is 13.6. The lowest BCUT2D eigenvalue weighted by Crippen LogP contribution is -1.94. The summed E-state index contributed by atoms with van der Waals surface area (Å²) in [6.45, 7) is 4.07. The molecule has 0 aliphatic carbocycles. The number of rotatable bonds is 2. The molecule has 1 heterocycles. The quantitative estimate of drug-likeness (QED) is 0.789. The number of benzene rings is 1. The van der Waals surface area contributed by atoms with E-state index < -0.39 is 0 Å². The Balaban J connectivity index is 2.54. The third-order valence-electron chi connectivity index (χ3n) is 2.87. The van der Waals surface area contributed by atoms with Crippen molar-refractivity contribution < 1.29 is 0 Å². The van der Waals surface area contributed by atoms with Gasteiger partial charge in [-0.25, -0.2) is 0 Å². The maximum Gasteiger partial charge on any atom is 0.0998 e. The number of nitriles is 1. The average molecular weight is 316 g/mol. The molecule has 0 N–H and O–H groups in total. The van der Waals surface area contributed by atoms with Gasteiger partial charge < -0.3 is 0 Å². The third kappa shape index (κ3) is 2.94. The van der Waals surface area contributed by atoms with Gasteiger partial charge in [0.25, 0.3) is 0 Å². The Morgan fingerprint density at radius 1 is 1.32 bits per heavy atom. The Kier molecular flexibility index (Phi) is 3.87. The van der Waals surface area contributed by atoms with Gasteiger partial charge in [-0.3, -0.25) is 4.68 Å². The minimum Gasteiger partial charge on any atom is -0.267 e. The van der Waals surface area contributed by atoms with Crippen LogP contribution in [0.5, 0.6) is 0 Å². The molecule has 2 aromatic rings. The Morgan fingerprint density at radius 3 is 2.42 bits per heavy atom. The SMILES string of the molecule is Cc1cc(C)cc(/C(C#N)=C/c2c(Br)cnn2C)c1. The minimum atomic E-state index is 0.635. The number of hydrogen-bond donors (Lipinski definition) is 0. The van der Waals surface area contributed by atoms with Gasteiger partial charge in [0, 0.05) is 7.05 Å². The molecule has 3 nitrogen and oxygen atoms in total. The minimum absolute atomic E-state index is 0.635. The fourth-order valence-corrected chi connectivity index (χ4v) is 2.49. The van der Waals surface area contributed by atoms with Crippen LogP contribution in [-0.2, 0) is 7.05 Å². The maximum atomic E-state index is 9.38. The van der Waals surface area contributed by atoms with Crippen molar-refractivity contribution in [3.63, 3.8) is 0 Å². The monoisotopic (exact) mass is 315 g/mol. The van der Waals surface area contributed by atoms with E-state index in [0.29, 0.717) is 5.57 Å². The lowest BCUT2D eigenvalue weighted by Gasteiger charge is -2.04. The van der Waals surface area contributed by atoms with E-state index in [4.69, 9.17) is 0 Å². The Labute approximate surface area is 121 Å². The predicted octanol–water partition coefficient (Wildman–Crippen LogP) is 3.86. The standard InChI is InChI=1S/C15H14BrN3/c1-10-4-11(2)6-12(5-10)13(8-17)7-15-14(16)9-18-19(15)3/h4-7,9H,1-3H3/b13-7+. The zero-order chi connectivity index (χ0) is 14.0. The van der Waals surface area contributed by atoms with E-state index in [1.165, 1.54) is 0 Å². The summed E-state index contributed by atoms with van der Waals surface area (Å²) in [7, 11) is 1.85. The van der Waals surface area contributed by atoms with Crippen LogP contribution in [0.1, 0.15) is 22.4 Å². The maximum absolute atomic E-state index is 9.38. The molecular formula is C15H14BrN3. The molecule has 0 aliphatic heterocycles. The second kappa shape index (κ2) is 5.41. The summed E-state index contributed by atoms with van der Waals surface area (Å²) in [5.74, 6) is 0. The van der Waals surface area contributed by atoms with Crippen molar-refractivity contribution in [1.82, 2.24) is 9.78 Å². The number of nitrogens with zero attached hydrogens (tertiary/aromatic N) is 3. The first-order valence-corrected chi connectivity index (χ1v) is 6.68. The summed E-state index contributed by atoms with van der Waals surface area (Å²) in [5, 5.41) is 13.5. The van der Waals surface area contributed by atoms with Crippen LogP contribution in [0.2, 0.25) is 0 Å². The van der Waals surface area contributed by atoms with Crippen LogP contribution in [0.3, 0.4) is 0 Å². The molecule has 0 atom stereocenters. The van der Waals surface area contributed by atoms with E-state index in [1.807, 2.05) is 39.1 Å². The van der Waals surface area contributed by atoms with Gasteiger partial charge in [-0.2, -0.15) is 10.4 Å². The second-order valence-electron chi connectivity index (χ2n) is 4.55. The molecule has 0 unspecified atom stereocenters. The van der Waals surface area contributed by atoms with Crippen LogP contribution in [0.25, 0.3) is 11.6 Å². The predicted molar refractivity (Wildman–Crippen MR) is 80.3 cm³/mol. The first-order valence-electron chi connectivity index (χ1n) is 5.89. The molecule has 0 spiro atoms. The van der Waals surface area contributed by atoms with E-state index in [9.17, 15) is 5.26 Å². The second-order valence-corrected chi connectivity index (χ2v) is 5.40. The first-order chi connectivity index (χ1) is 9.01. The van der Waals surface area contributed by atoms with Gasteiger partial charge in [0.15, 0.2) is 0 Å². The number of allylic oxidation sites excluding steroid dienone is 1. The fraction of sp³-hybridized carbons (Fsp3) is 0.200. The van der Waals surface area contributed by atoms with E-state index in [2.05, 4.69) is 33.2 Å². The molecule has 19 heavy (non-hydrogen) atoms. The molecule has 0 amide bonds. The van der Waals surface area contributed by atoms with Gasteiger partial charge in [0.05, 0.1) is 28.0 Å². The lowest BCUT2D eigenvalue weighted by molar-refractivity contribution is 0.759. The Morgan fingerprint density at radius 2 is 1.95 bits per heavy atom. The smallest absolute Gasteiger partial charge is 0.0998 e. The number of hydrogen-bond acceptors (Lipinski definition) is 2. The van der Waals surface area contributed by atoms with Crippen LogP contribution in [-0.4, -0.2) is 9.78 Å². The molecule has 0 fully saturated rings. The van der Waals surface area contributed by atoms with Gasteiger partial charge >= 0.3 is 0 Å². The largest absolute Gasteiger partial charge is 0.267 e. The zero-order valence-electron chi connectivity index (χ0n) is 11.1. The van der Waals surface area contributed by atoms with Crippen molar-refractivity contribution in [2.75, 3.05) is 0 Å². The van der Waals surface area contributed by atoms with E-state index in [0.717, 1.165) is 26.9 Å². The molecular weight excluding hydrogens is 302 g/mol. The normalized spacial score (nSPS) is 11.4. The van der Waals surface area contributed by atoms with Gasteiger partial charge in [-0.05, 0) is 41.4 Å². The molecule has 0 bridgehead atoms. The molecule has 0 aliphatic rings. The van der Waals surface area contributed by atoms with Crippen molar-refractivity contribution in [3.05, 3.63) is 51.3 Å². The summed E-state index contributed by atoms with van der Waals surface area (Å²) in [4.78, 5) is 0. The van der Waals surface area contributed by atoms with Gasteiger partial charge in [0.2, 0.25) is 0 Å². The summed E-state index contributed by atoms with van der Waals surface area (Å²) in [6.07, 6.45) is 3.58. The van der Waals surface area contributed by atoms with Crippen molar-refractivity contribution in [3.8, 4) is 6.07 Å². The summed E-state index contributed by atoms with van der Waals surface area (Å²) >= 11 is 3.44. The number of halogens is 1. The van der Waals surface area contributed by atoms with Crippen molar-refractivity contribution in [2.24, 2.45) is 7.05 Å².